The number of aliphatic hydroxyl groups is 1. The molecular formula is C17H25NO2. The Morgan fingerprint density at radius 3 is 2.80 bits per heavy atom. The monoisotopic (exact) mass is 275 g/mol. The van der Waals surface area contributed by atoms with E-state index < -0.39 is 0 Å². The molecule has 1 aliphatic rings. The zero-order chi connectivity index (χ0) is 14.4. The van der Waals surface area contributed by atoms with Crippen molar-refractivity contribution in [3.05, 3.63) is 35.4 Å². The summed E-state index contributed by atoms with van der Waals surface area (Å²) in [5, 5.41) is 9.02. The fourth-order valence-electron chi connectivity index (χ4n) is 2.92. The lowest BCUT2D eigenvalue weighted by Gasteiger charge is -2.32. The number of rotatable bonds is 6. The van der Waals surface area contributed by atoms with E-state index in [4.69, 9.17) is 5.11 Å². The zero-order valence-corrected chi connectivity index (χ0v) is 12.3. The molecule has 110 valence electrons. The van der Waals surface area contributed by atoms with Crippen LogP contribution in [0, 0.1) is 12.8 Å². The van der Waals surface area contributed by atoms with Gasteiger partial charge in [-0.3, -0.25) is 4.79 Å². The van der Waals surface area contributed by atoms with Crippen molar-refractivity contribution in [2.45, 2.75) is 32.6 Å². The van der Waals surface area contributed by atoms with Gasteiger partial charge in [0.2, 0.25) is 0 Å². The van der Waals surface area contributed by atoms with Crippen molar-refractivity contribution in [2.24, 2.45) is 5.92 Å². The Hall–Kier alpha value is -1.19. The van der Waals surface area contributed by atoms with Crippen molar-refractivity contribution in [2.75, 3.05) is 26.2 Å². The fourth-order valence-corrected chi connectivity index (χ4v) is 2.92. The molecule has 20 heavy (non-hydrogen) atoms. The van der Waals surface area contributed by atoms with E-state index >= 15 is 0 Å². The molecule has 3 heteroatoms. The molecule has 0 radical (unpaired) electrons. The first-order valence-electron chi connectivity index (χ1n) is 7.62. The maximum atomic E-state index is 12.1. The van der Waals surface area contributed by atoms with E-state index in [1.165, 1.54) is 18.4 Å². The standard InChI is InChI=1S/C17H25NO2/c1-14-4-6-16(7-5-14)17(20)8-11-18-10-2-3-15(13-18)9-12-19/h4-7,15,19H,2-3,8-13H2,1H3. The normalized spacial score (nSPS) is 20.0. The summed E-state index contributed by atoms with van der Waals surface area (Å²) >= 11 is 0. The van der Waals surface area contributed by atoms with Gasteiger partial charge in [0.25, 0.3) is 0 Å². The van der Waals surface area contributed by atoms with E-state index in [2.05, 4.69) is 4.90 Å². The lowest BCUT2D eigenvalue weighted by Crippen LogP contribution is -2.37. The second kappa shape index (κ2) is 7.55. The smallest absolute Gasteiger partial charge is 0.164 e. The van der Waals surface area contributed by atoms with E-state index in [9.17, 15) is 4.79 Å². The van der Waals surface area contributed by atoms with E-state index in [0.29, 0.717) is 12.3 Å². The van der Waals surface area contributed by atoms with Crippen molar-refractivity contribution in [1.29, 1.82) is 0 Å². The zero-order valence-electron chi connectivity index (χ0n) is 12.3. The van der Waals surface area contributed by atoms with Gasteiger partial charge < -0.3 is 10.0 Å². The number of ketones is 1. The molecule has 1 unspecified atom stereocenters. The highest BCUT2D eigenvalue weighted by Gasteiger charge is 2.19. The molecule has 0 aliphatic carbocycles. The summed E-state index contributed by atoms with van der Waals surface area (Å²) in [6.45, 7) is 5.27. The van der Waals surface area contributed by atoms with Crippen molar-refractivity contribution >= 4 is 5.78 Å². The quantitative estimate of drug-likeness (QED) is 0.811. The van der Waals surface area contributed by atoms with Crippen LogP contribution >= 0.6 is 0 Å². The van der Waals surface area contributed by atoms with Crippen LogP contribution < -0.4 is 0 Å². The third kappa shape index (κ3) is 4.43. The Labute approximate surface area is 121 Å². The second-order valence-corrected chi connectivity index (χ2v) is 5.86. The van der Waals surface area contributed by atoms with Crippen LogP contribution in [0.3, 0.4) is 0 Å². The molecular weight excluding hydrogens is 250 g/mol. The van der Waals surface area contributed by atoms with Gasteiger partial charge in [-0.15, -0.1) is 0 Å². The minimum Gasteiger partial charge on any atom is -0.396 e. The van der Waals surface area contributed by atoms with Crippen LogP contribution in [-0.4, -0.2) is 42.0 Å². The Morgan fingerprint density at radius 1 is 1.35 bits per heavy atom. The largest absolute Gasteiger partial charge is 0.396 e. The molecule has 1 atom stereocenters. The Bertz CT molecular complexity index is 425. The molecule has 1 aromatic carbocycles. The fraction of sp³-hybridized carbons (Fsp3) is 0.588. The topological polar surface area (TPSA) is 40.5 Å². The first kappa shape index (κ1) is 15.2. The average Bonchev–Trinajstić information content (AvgIpc) is 2.46. The van der Waals surface area contributed by atoms with Crippen LogP contribution in [0.4, 0.5) is 0 Å². The Morgan fingerprint density at radius 2 is 2.10 bits per heavy atom. The Kier molecular flexibility index (Phi) is 5.74. The number of carbonyl (C=O) groups is 1. The van der Waals surface area contributed by atoms with Gasteiger partial charge in [0, 0.05) is 31.7 Å². The molecule has 0 saturated carbocycles. The predicted octanol–water partition coefficient (Wildman–Crippen LogP) is 2.66. The lowest BCUT2D eigenvalue weighted by molar-refractivity contribution is 0.0937. The summed E-state index contributed by atoms with van der Waals surface area (Å²) in [5.41, 5.74) is 2.00. The molecule has 1 saturated heterocycles. The number of Topliss-reactive ketones (excluding diaryl/α,β-unsaturated/α-hetero) is 1. The van der Waals surface area contributed by atoms with Gasteiger partial charge in [-0.1, -0.05) is 29.8 Å². The number of benzene rings is 1. The number of aryl methyl sites for hydroxylation is 1. The maximum Gasteiger partial charge on any atom is 0.164 e. The summed E-state index contributed by atoms with van der Waals surface area (Å²) < 4.78 is 0. The minimum absolute atomic E-state index is 0.231. The van der Waals surface area contributed by atoms with Crippen molar-refractivity contribution in [3.8, 4) is 0 Å². The van der Waals surface area contributed by atoms with Gasteiger partial charge in [-0.05, 0) is 38.6 Å². The van der Waals surface area contributed by atoms with Crippen molar-refractivity contribution in [3.63, 3.8) is 0 Å². The highest BCUT2D eigenvalue weighted by atomic mass is 16.3. The van der Waals surface area contributed by atoms with Gasteiger partial charge >= 0.3 is 0 Å². The third-order valence-corrected chi connectivity index (χ3v) is 4.17. The average molecular weight is 275 g/mol. The van der Waals surface area contributed by atoms with E-state index in [1.54, 1.807) is 0 Å². The first-order valence-corrected chi connectivity index (χ1v) is 7.62. The van der Waals surface area contributed by atoms with Crippen molar-refractivity contribution in [1.82, 2.24) is 4.90 Å². The molecule has 1 fully saturated rings. The molecule has 1 N–H and O–H groups in total. The highest BCUT2D eigenvalue weighted by Crippen LogP contribution is 2.19. The second-order valence-electron chi connectivity index (χ2n) is 5.86. The van der Waals surface area contributed by atoms with Crippen LogP contribution in [-0.2, 0) is 0 Å². The number of nitrogens with zero attached hydrogens (tertiary/aromatic N) is 1. The number of hydrogen-bond acceptors (Lipinski definition) is 3. The molecule has 3 nitrogen and oxygen atoms in total. The highest BCUT2D eigenvalue weighted by molar-refractivity contribution is 5.96. The minimum atomic E-state index is 0.231. The molecule has 2 rings (SSSR count). The molecule has 1 heterocycles. The van der Waals surface area contributed by atoms with Crippen LogP contribution in [0.15, 0.2) is 24.3 Å². The SMILES string of the molecule is Cc1ccc(C(=O)CCN2CCCC(CCO)C2)cc1. The summed E-state index contributed by atoms with van der Waals surface area (Å²) in [5.74, 6) is 0.831. The summed E-state index contributed by atoms with van der Waals surface area (Å²) in [6, 6.07) is 7.82. The molecule has 1 aromatic rings. The van der Waals surface area contributed by atoms with Crippen molar-refractivity contribution < 1.29 is 9.90 Å². The van der Waals surface area contributed by atoms with Gasteiger partial charge in [-0.25, -0.2) is 0 Å². The van der Waals surface area contributed by atoms with E-state index in [1.807, 2.05) is 31.2 Å². The Balaban J connectivity index is 1.79. The molecule has 0 amide bonds. The first-order chi connectivity index (χ1) is 9.69. The number of aliphatic hydroxyl groups excluding tert-OH is 1. The summed E-state index contributed by atoms with van der Waals surface area (Å²) in [6.07, 6.45) is 3.88. The number of hydrogen-bond donors (Lipinski definition) is 1. The van der Waals surface area contributed by atoms with Gasteiger partial charge in [-0.2, -0.15) is 0 Å². The summed E-state index contributed by atoms with van der Waals surface area (Å²) in [7, 11) is 0. The van der Waals surface area contributed by atoms with E-state index in [-0.39, 0.29) is 12.4 Å². The lowest BCUT2D eigenvalue weighted by atomic mass is 9.95. The van der Waals surface area contributed by atoms with Crippen LogP contribution in [0.1, 0.15) is 41.6 Å². The van der Waals surface area contributed by atoms with E-state index in [0.717, 1.165) is 31.6 Å². The molecule has 1 aliphatic heterocycles. The number of piperidine rings is 1. The number of carbonyl (C=O) groups excluding carboxylic acids is 1. The van der Waals surface area contributed by atoms with Crippen LogP contribution in [0.5, 0.6) is 0 Å². The molecule has 0 bridgehead atoms. The van der Waals surface area contributed by atoms with Crippen LogP contribution in [0.2, 0.25) is 0 Å². The van der Waals surface area contributed by atoms with Gasteiger partial charge in [0.15, 0.2) is 5.78 Å². The molecule has 0 aromatic heterocycles. The third-order valence-electron chi connectivity index (χ3n) is 4.17. The van der Waals surface area contributed by atoms with Crippen LogP contribution in [0.25, 0.3) is 0 Å². The predicted molar refractivity (Wildman–Crippen MR) is 81.0 cm³/mol. The maximum absolute atomic E-state index is 12.1. The van der Waals surface area contributed by atoms with Gasteiger partial charge in [0.1, 0.15) is 0 Å². The number of likely N-dealkylation sites (tertiary alicyclic amines) is 1. The van der Waals surface area contributed by atoms with Gasteiger partial charge in [0.05, 0.1) is 0 Å². The summed E-state index contributed by atoms with van der Waals surface area (Å²) in [4.78, 5) is 14.5. The molecule has 0 spiro atoms.